The minimum atomic E-state index is 0.428. The van der Waals surface area contributed by atoms with E-state index in [1.807, 2.05) is 66.7 Å². The number of para-hydroxylation sites is 2. The summed E-state index contributed by atoms with van der Waals surface area (Å²) in [6.45, 7) is 0.428. The monoisotopic (exact) mass is 360 g/mol. The number of ether oxygens (including phenoxy) is 3. The Hall–Kier alpha value is -3.47. The molecule has 27 heavy (non-hydrogen) atoms. The molecule has 0 radical (unpaired) electrons. The fraction of sp³-hybridized carbons (Fsp3) is 0.136. The average Bonchev–Trinajstić information content (AvgIpc) is 3.16. The maximum atomic E-state index is 6.01. The minimum absolute atomic E-state index is 0.428. The van der Waals surface area contributed by atoms with Gasteiger partial charge < -0.3 is 19.2 Å². The highest BCUT2D eigenvalue weighted by atomic mass is 16.5. The van der Waals surface area contributed by atoms with E-state index in [0.717, 1.165) is 28.0 Å². The number of H-pyrrole nitrogens is 1. The molecule has 0 aliphatic carbocycles. The molecule has 0 aliphatic rings. The number of hydrogen-bond donors (Lipinski definition) is 1. The number of nitrogens with one attached hydrogen (secondary N) is 1. The summed E-state index contributed by atoms with van der Waals surface area (Å²) in [5.41, 5.74) is 3.83. The van der Waals surface area contributed by atoms with Gasteiger partial charge in [0, 0.05) is 5.56 Å². The van der Waals surface area contributed by atoms with Crippen LogP contribution in [0.2, 0.25) is 0 Å². The maximum Gasteiger partial charge on any atom is 0.203 e. The quantitative estimate of drug-likeness (QED) is 0.535. The Labute approximate surface area is 157 Å². The number of fused-ring (bicyclic) bond motifs is 1. The summed E-state index contributed by atoms with van der Waals surface area (Å²) in [5, 5.41) is 0. The van der Waals surface area contributed by atoms with Crippen LogP contribution in [0.1, 0.15) is 5.56 Å². The molecule has 4 aromatic rings. The molecule has 1 N–H and O–H groups in total. The van der Waals surface area contributed by atoms with E-state index in [9.17, 15) is 0 Å². The van der Waals surface area contributed by atoms with Crippen molar-refractivity contribution in [2.45, 2.75) is 6.61 Å². The summed E-state index contributed by atoms with van der Waals surface area (Å²) in [6, 6.07) is 21.7. The Morgan fingerprint density at radius 2 is 1.52 bits per heavy atom. The second-order valence-corrected chi connectivity index (χ2v) is 6.09. The molecule has 5 heteroatoms. The molecule has 0 aliphatic heterocycles. The van der Waals surface area contributed by atoms with Gasteiger partial charge in [-0.15, -0.1) is 0 Å². The van der Waals surface area contributed by atoms with E-state index in [1.165, 1.54) is 0 Å². The van der Waals surface area contributed by atoms with Gasteiger partial charge in [0.2, 0.25) is 5.75 Å². The molecule has 3 aromatic carbocycles. The van der Waals surface area contributed by atoms with E-state index < -0.39 is 0 Å². The van der Waals surface area contributed by atoms with Crippen LogP contribution in [0.5, 0.6) is 17.2 Å². The van der Waals surface area contributed by atoms with Gasteiger partial charge >= 0.3 is 0 Å². The molecular formula is C22H20N2O3. The first-order valence-electron chi connectivity index (χ1n) is 8.66. The lowest BCUT2D eigenvalue weighted by Gasteiger charge is -2.15. The molecule has 5 nitrogen and oxygen atoms in total. The highest BCUT2D eigenvalue weighted by Crippen LogP contribution is 2.41. The first-order chi connectivity index (χ1) is 13.3. The zero-order chi connectivity index (χ0) is 18.6. The third-order valence-corrected chi connectivity index (χ3v) is 4.35. The third-order valence-electron chi connectivity index (χ3n) is 4.35. The van der Waals surface area contributed by atoms with Crippen molar-refractivity contribution in [2.75, 3.05) is 14.2 Å². The number of aromatic nitrogens is 2. The van der Waals surface area contributed by atoms with Crippen molar-refractivity contribution < 1.29 is 14.2 Å². The first-order valence-corrected chi connectivity index (χ1v) is 8.66. The SMILES string of the molecule is COc1cc(-c2nc3ccccc3[nH]2)cc(OC)c1OCc1ccccc1. The number of benzene rings is 3. The first kappa shape index (κ1) is 17.0. The summed E-state index contributed by atoms with van der Waals surface area (Å²) in [7, 11) is 3.24. The lowest BCUT2D eigenvalue weighted by atomic mass is 10.1. The molecular weight excluding hydrogens is 340 g/mol. The van der Waals surface area contributed by atoms with Crippen LogP contribution in [0.15, 0.2) is 66.7 Å². The van der Waals surface area contributed by atoms with Gasteiger partial charge in [0.1, 0.15) is 12.4 Å². The van der Waals surface area contributed by atoms with Crippen molar-refractivity contribution in [1.82, 2.24) is 9.97 Å². The van der Waals surface area contributed by atoms with Crippen molar-refractivity contribution in [3.63, 3.8) is 0 Å². The van der Waals surface area contributed by atoms with Crippen molar-refractivity contribution in [2.24, 2.45) is 0 Å². The summed E-state index contributed by atoms with van der Waals surface area (Å²) < 4.78 is 17.1. The molecule has 0 unspecified atom stereocenters. The maximum absolute atomic E-state index is 6.01. The fourth-order valence-electron chi connectivity index (χ4n) is 2.98. The topological polar surface area (TPSA) is 56.4 Å². The molecule has 1 aromatic heterocycles. The molecule has 0 bridgehead atoms. The van der Waals surface area contributed by atoms with Crippen LogP contribution in [-0.2, 0) is 6.61 Å². The lowest BCUT2D eigenvalue weighted by Crippen LogP contribution is -2.00. The Balaban J connectivity index is 1.70. The molecule has 0 saturated heterocycles. The second-order valence-electron chi connectivity index (χ2n) is 6.09. The van der Waals surface area contributed by atoms with E-state index in [4.69, 9.17) is 14.2 Å². The number of aromatic amines is 1. The van der Waals surface area contributed by atoms with Crippen molar-refractivity contribution in [1.29, 1.82) is 0 Å². The molecule has 0 atom stereocenters. The molecule has 4 rings (SSSR count). The second kappa shape index (κ2) is 7.41. The number of hydrogen-bond acceptors (Lipinski definition) is 4. The normalized spacial score (nSPS) is 10.7. The van der Waals surface area contributed by atoms with E-state index in [2.05, 4.69) is 9.97 Å². The molecule has 0 saturated carbocycles. The van der Waals surface area contributed by atoms with Crippen molar-refractivity contribution >= 4 is 11.0 Å². The molecule has 0 amide bonds. The zero-order valence-corrected chi connectivity index (χ0v) is 15.2. The van der Waals surface area contributed by atoms with Crippen LogP contribution in [0, 0.1) is 0 Å². The van der Waals surface area contributed by atoms with Crippen molar-refractivity contribution in [3.05, 3.63) is 72.3 Å². The van der Waals surface area contributed by atoms with Gasteiger partial charge in [0.15, 0.2) is 11.5 Å². The third kappa shape index (κ3) is 3.44. The Bertz CT molecular complexity index is 1000. The predicted molar refractivity (Wildman–Crippen MR) is 105 cm³/mol. The van der Waals surface area contributed by atoms with E-state index in [1.54, 1.807) is 14.2 Å². The Morgan fingerprint density at radius 3 is 2.19 bits per heavy atom. The van der Waals surface area contributed by atoms with Crippen LogP contribution in [0.25, 0.3) is 22.4 Å². The van der Waals surface area contributed by atoms with Gasteiger partial charge in [-0.25, -0.2) is 4.98 Å². The minimum Gasteiger partial charge on any atom is -0.493 e. The number of nitrogens with zero attached hydrogens (tertiary/aromatic N) is 1. The molecule has 0 fully saturated rings. The molecule has 136 valence electrons. The standard InChI is InChI=1S/C22H20N2O3/c1-25-19-12-16(22-23-17-10-6-7-11-18(17)24-22)13-20(26-2)21(19)27-14-15-8-4-3-5-9-15/h3-13H,14H2,1-2H3,(H,23,24). The van der Waals surface area contributed by atoms with Crippen LogP contribution in [-0.4, -0.2) is 24.2 Å². The fourth-order valence-corrected chi connectivity index (χ4v) is 2.98. The average molecular weight is 360 g/mol. The predicted octanol–water partition coefficient (Wildman–Crippen LogP) is 4.83. The van der Waals surface area contributed by atoms with Gasteiger partial charge in [0.25, 0.3) is 0 Å². The van der Waals surface area contributed by atoms with E-state index >= 15 is 0 Å². The van der Waals surface area contributed by atoms with Gasteiger partial charge in [-0.2, -0.15) is 0 Å². The van der Waals surface area contributed by atoms with Gasteiger partial charge in [-0.1, -0.05) is 42.5 Å². The Morgan fingerprint density at radius 1 is 0.852 bits per heavy atom. The number of rotatable bonds is 6. The van der Waals surface area contributed by atoms with E-state index in [-0.39, 0.29) is 0 Å². The summed E-state index contributed by atoms with van der Waals surface area (Å²) in [5.74, 6) is 2.52. The highest BCUT2D eigenvalue weighted by molar-refractivity contribution is 5.80. The van der Waals surface area contributed by atoms with Crippen LogP contribution < -0.4 is 14.2 Å². The van der Waals surface area contributed by atoms with Crippen molar-refractivity contribution in [3.8, 4) is 28.6 Å². The van der Waals surface area contributed by atoms with Gasteiger partial charge in [-0.05, 0) is 29.8 Å². The lowest BCUT2D eigenvalue weighted by molar-refractivity contribution is 0.266. The Kier molecular flexibility index (Phi) is 4.66. The van der Waals surface area contributed by atoms with E-state index in [0.29, 0.717) is 23.9 Å². The highest BCUT2D eigenvalue weighted by Gasteiger charge is 2.17. The summed E-state index contributed by atoms with van der Waals surface area (Å²) in [4.78, 5) is 7.98. The molecule has 0 spiro atoms. The van der Waals surface area contributed by atoms with Gasteiger partial charge in [-0.3, -0.25) is 0 Å². The zero-order valence-electron chi connectivity index (χ0n) is 15.2. The summed E-state index contributed by atoms with van der Waals surface area (Å²) in [6.07, 6.45) is 0. The number of imidazole rings is 1. The van der Waals surface area contributed by atoms with Crippen LogP contribution >= 0.6 is 0 Å². The largest absolute Gasteiger partial charge is 0.493 e. The summed E-state index contributed by atoms with van der Waals surface area (Å²) >= 11 is 0. The van der Waals surface area contributed by atoms with Crippen LogP contribution in [0.3, 0.4) is 0 Å². The smallest absolute Gasteiger partial charge is 0.203 e. The molecule has 1 heterocycles. The van der Waals surface area contributed by atoms with Crippen LogP contribution in [0.4, 0.5) is 0 Å². The number of methoxy groups -OCH3 is 2. The van der Waals surface area contributed by atoms with Gasteiger partial charge in [0.05, 0.1) is 25.3 Å².